The molecule has 8 nitrogen and oxygen atoms in total. The molecule has 180 valence electrons. The number of ether oxygens (including phenoxy) is 1. The summed E-state index contributed by atoms with van der Waals surface area (Å²) in [7, 11) is -3.67. The van der Waals surface area contributed by atoms with Crippen molar-refractivity contribution in [3.8, 4) is 5.75 Å². The highest BCUT2D eigenvalue weighted by Crippen LogP contribution is 2.31. The second-order valence-electron chi connectivity index (χ2n) is 7.60. The summed E-state index contributed by atoms with van der Waals surface area (Å²) in [6.07, 6.45) is -2.23. The van der Waals surface area contributed by atoms with Crippen molar-refractivity contribution in [3.05, 3.63) is 54.4 Å². The van der Waals surface area contributed by atoms with E-state index in [1.165, 1.54) is 41.0 Å². The maximum Gasteiger partial charge on any atom is 0.416 e. The predicted molar refractivity (Wildman–Crippen MR) is 112 cm³/mol. The van der Waals surface area contributed by atoms with Gasteiger partial charge in [0.1, 0.15) is 23.4 Å². The van der Waals surface area contributed by atoms with Crippen LogP contribution in [0.25, 0.3) is 0 Å². The zero-order valence-corrected chi connectivity index (χ0v) is 18.3. The number of carbonyl (C=O) groups excluding carboxylic acids is 1. The fourth-order valence-corrected chi connectivity index (χ4v) is 4.82. The van der Waals surface area contributed by atoms with Crippen molar-refractivity contribution >= 4 is 15.9 Å². The topological polar surface area (TPSA) is 109 Å². The van der Waals surface area contributed by atoms with Gasteiger partial charge in [-0.05, 0) is 43.2 Å². The molecule has 0 spiro atoms. The van der Waals surface area contributed by atoms with Gasteiger partial charge < -0.3 is 15.2 Å². The molecular formula is C21H24F3N3O5S. The summed E-state index contributed by atoms with van der Waals surface area (Å²) >= 11 is 0. The first-order valence-corrected chi connectivity index (χ1v) is 11.7. The molecule has 1 aromatic heterocycles. The zero-order chi connectivity index (χ0) is 24.1. The van der Waals surface area contributed by atoms with Crippen molar-refractivity contribution in [2.45, 2.75) is 30.0 Å². The number of aliphatic hydroxyl groups is 1. The molecule has 1 aromatic carbocycles. The second kappa shape index (κ2) is 10.5. The molecule has 1 aliphatic rings. The van der Waals surface area contributed by atoms with E-state index in [2.05, 4.69) is 10.3 Å². The van der Waals surface area contributed by atoms with Gasteiger partial charge in [-0.3, -0.25) is 9.78 Å². The van der Waals surface area contributed by atoms with E-state index in [1.54, 1.807) is 0 Å². The van der Waals surface area contributed by atoms with Gasteiger partial charge in [-0.1, -0.05) is 6.07 Å². The molecule has 12 heteroatoms. The summed E-state index contributed by atoms with van der Waals surface area (Å²) in [5.41, 5.74) is -0.861. The Morgan fingerprint density at radius 2 is 1.97 bits per heavy atom. The van der Waals surface area contributed by atoms with Crippen LogP contribution in [0.2, 0.25) is 0 Å². The van der Waals surface area contributed by atoms with E-state index in [-0.39, 0.29) is 42.8 Å². The zero-order valence-electron chi connectivity index (χ0n) is 17.5. The molecule has 0 radical (unpaired) electrons. The number of pyridine rings is 1. The van der Waals surface area contributed by atoms with E-state index >= 15 is 0 Å². The van der Waals surface area contributed by atoms with Crippen molar-refractivity contribution in [1.29, 1.82) is 0 Å². The van der Waals surface area contributed by atoms with Crippen molar-refractivity contribution in [2.24, 2.45) is 5.92 Å². The van der Waals surface area contributed by atoms with Gasteiger partial charge in [0.15, 0.2) is 0 Å². The number of amides is 1. The summed E-state index contributed by atoms with van der Waals surface area (Å²) in [4.78, 5) is 16.3. The van der Waals surface area contributed by atoms with Crippen LogP contribution in [0.5, 0.6) is 5.75 Å². The molecule has 0 bridgehead atoms. The SMILES string of the molecule is O=C(NCC(O)COc1cccc(C(F)(F)F)c1)C1CCN(S(=O)(=O)c2cccnc2)CC1. The number of benzene rings is 1. The third-order valence-electron chi connectivity index (χ3n) is 5.21. The normalized spacial score (nSPS) is 16.8. The number of hydrogen-bond acceptors (Lipinski definition) is 6. The summed E-state index contributed by atoms with van der Waals surface area (Å²) in [5, 5.41) is 12.6. The van der Waals surface area contributed by atoms with E-state index in [9.17, 15) is 31.5 Å². The fourth-order valence-electron chi connectivity index (χ4n) is 3.38. The minimum atomic E-state index is -4.50. The Kier molecular flexibility index (Phi) is 7.92. The number of halogens is 3. The smallest absolute Gasteiger partial charge is 0.416 e. The highest BCUT2D eigenvalue weighted by molar-refractivity contribution is 7.89. The number of aliphatic hydroxyl groups excluding tert-OH is 1. The first-order valence-electron chi connectivity index (χ1n) is 10.2. The molecule has 2 aromatic rings. The highest BCUT2D eigenvalue weighted by atomic mass is 32.2. The Hall–Kier alpha value is -2.70. The van der Waals surface area contributed by atoms with Crippen LogP contribution < -0.4 is 10.1 Å². The first kappa shape index (κ1) is 24.9. The van der Waals surface area contributed by atoms with Gasteiger partial charge in [-0.2, -0.15) is 17.5 Å². The van der Waals surface area contributed by atoms with E-state index in [0.29, 0.717) is 12.8 Å². The molecule has 2 N–H and O–H groups in total. The van der Waals surface area contributed by atoms with Gasteiger partial charge in [0.05, 0.1) is 5.56 Å². The minimum absolute atomic E-state index is 0.0441. The van der Waals surface area contributed by atoms with Crippen molar-refractivity contribution in [3.63, 3.8) is 0 Å². The summed E-state index contributed by atoms with van der Waals surface area (Å²) in [6.45, 7) is -0.0948. The van der Waals surface area contributed by atoms with Crippen LogP contribution in [0.4, 0.5) is 13.2 Å². The van der Waals surface area contributed by atoms with E-state index < -0.39 is 33.8 Å². The molecule has 1 saturated heterocycles. The van der Waals surface area contributed by atoms with E-state index in [4.69, 9.17) is 4.74 Å². The maximum atomic E-state index is 12.7. The number of aromatic nitrogens is 1. The molecule has 33 heavy (non-hydrogen) atoms. The minimum Gasteiger partial charge on any atom is -0.491 e. The fraction of sp³-hybridized carbons (Fsp3) is 0.429. The van der Waals surface area contributed by atoms with Crippen molar-refractivity contribution in [1.82, 2.24) is 14.6 Å². The Morgan fingerprint density at radius 3 is 2.61 bits per heavy atom. The molecule has 2 heterocycles. The summed E-state index contributed by atoms with van der Waals surface area (Å²) in [6, 6.07) is 7.29. The van der Waals surface area contributed by atoms with Gasteiger partial charge in [-0.15, -0.1) is 0 Å². The molecule has 1 atom stereocenters. The van der Waals surface area contributed by atoms with Crippen molar-refractivity contribution in [2.75, 3.05) is 26.2 Å². The third kappa shape index (κ3) is 6.65. The number of sulfonamides is 1. The van der Waals surface area contributed by atoms with Crippen molar-refractivity contribution < 1.29 is 36.2 Å². The largest absolute Gasteiger partial charge is 0.491 e. The number of piperidine rings is 1. The van der Waals surface area contributed by atoms with E-state index in [1.807, 2.05) is 0 Å². The van der Waals surface area contributed by atoms with Crippen LogP contribution in [0, 0.1) is 5.92 Å². The van der Waals surface area contributed by atoms with Crippen LogP contribution >= 0.6 is 0 Å². The van der Waals surface area contributed by atoms with Crippen LogP contribution in [0.1, 0.15) is 18.4 Å². The highest BCUT2D eigenvalue weighted by Gasteiger charge is 2.32. The molecule has 3 rings (SSSR count). The molecule has 1 amide bonds. The number of carbonyl (C=O) groups is 1. The van der Waals surface area contributed by atoms with Gasteiger partial charge >= 0.3 is 6.18 Å². The molecule has 0 saturated carbocycles. The Bertz CT molecular complexity index is 1040. The van der Waals surface area contributed by atoms with Crippen LogP contribution in [-0.2, 0) is 21.0 Å². The molecule has 1 fully saturated rings. The lowest BCUT2D eigenvalue weighted by Gasteiger charge is -2.30. The lowest BCUT2D eigenvalue weighted by molar-refractivity contribution is -0.137. The molecule has 1 unspecified atom stereocenters. The Labute approximate surface area is 189 Å². The number of alkyl halides is 3. The third-order valence-corrected chi connectivity index (χ3v) is 7.09. The lowest BCUT2D eigenvalue weighted by Crippen LogP contribution is -2.44. The van der Waals surface area contributed by atoms with Crippen LogP contribution in [-0.4, -0.2) is 61.1 Å². The standard InChI is InChI=1S/C21H24F3N3O5S/c22-21(23,24)16-3-1-4-18(11-16)32-14-17(28)12-26-20(29)15-6-9-27(10-7-15)33(30,31)19-5-2-8-25-13-19/h1-5,8,11,13,15,17,28H,6-7,9-10,12,14H2,(H,26,29). The average Bonchev–Trinajstić information content (AvgIpc) is 2.81. The Morgan fingerprint density at radius 1 is 1.24 bits per heavy atom. The first-order chi connectivity index (χ1) is 15.6. The summed E-state index contributed by atoms with van der Waals surface area (Å²) < 4.78 is 70.0. The molecular weight excluding hydrogens is 463 g/mol. The second-order valence-corrected chi connectivity index (χ2v) is 9.54. The van der Waals surface area contributed by atoms with Gasteiger partial charge in [0, 0.05) is 37.9 Å². The number of nitrogens with zero attached hydrogens (tertiary/aromatic N) is 2. The maximum absolute atomic E-state index is 12.7. The van der Waals surface area contributed by atoms with Crippen LogP contribution in [0.15, 0.2) is 53.7 Å². The van der Waals surface area contributed by atoms with E-state index in [0.717, 1.165) is 12.1 Å². The quantitative estimate of drug-likeness (QED) is 0.590. The number of hydrogen-bond donors (Lipinski definition) is 2. The Balaban J connectivity index is 1.42. The molecule has 0 aliphatic carbocycles. The number of rotatable bonds is 8. The van der Waals surface area contributed by atoms with Gasteiger partial charge in [0.2, 0.25) is 15.9 Å². The van der Waals surface area contributed by atoms with Gasteiger partial charge in [0.25, 0.3) is 0 Å². The average molecular weight is 488 g/mol. The van der Waals surface area contributed by atoms with Gasteiger partial charge in [-0.25, -0.2) is 8.42 Å². The molecule has 1 aliphatic heterocycles. The monoisotopic (exact) mass is 487 g/mol. The lowest BCUT2D eigenvalue weighted by atomic mass is 9.97. The number of nitrogens with one attached hydrogen (secondary N) is 1. The predicted octanol–water partition coefficient (Wildman–Crippen LogP) is 2.06. The van der Waals surface area contributed by atoms with Crippen LogP contribution in [0.3, 0.4) is 0 Å². The summed E-state index contributed by atoms with van der Waals surface area (Å²) in [5.74, 6) is -0.786.